The van der Waals surface area contributed by atoms with Gasteiger partial charge in [0.15, 0.2) is 0 Å². The molecule has 0 aromatic heterocycles. The summed E-state index contributed by atoms with van der Waals surface area (Å²) >= 11 is 0. The number of methoxy groups -OCH3 is 1. The van der Waals surface area contributed by atoms with Gasteiger partial charge >= 0.3 is 12.1 Å². The number of allylic oxidation sites excluding steroid dienone is 1. The average Bonchev–Trinajstić information content (AvgIpc) is 3.84. The number of carboxylic acids is 1. The molecule has 0 aromatic carbocycles. The van der Waals surface area contributed by atoms with Gasteiger partial charge in [0, 0.05) is 20.7 Å². The summed E-state index contributed by atoms with van der Waals surface area (Å²) in [6.45, 7) is 10.0. The van der Waals surface area contributed by atoms with Crippen LogP contribution in [0.4, 0.5) is 4.79 Å². The van der Waals surface area contributed by atoms with Crippen molar-refractivity contribution in [2.45, 2.75) is 115 Å². The molecule has 0 bridgehead atoms. The molecule has 4 aliphatic rings. The summed E-state index contributed by atoms with van der Waals surface area (Å²) in [4.78, 5) is 66.0. The van der Waals surface area contributed by atoms with E-state index in [1.54, 1.807) is 7.11 Å². The number of nitrogens with zero attached hydrogens (tertiary/aromatic N) is 2. The Morgan fingerprint density at radius 2 is 1.87 bits per heavy atom. The maximum Gasteiger partial charge on any atom is 0.407 e. The predicted octanol–water partition coefficient (Wildman–Crippen LogP) is 1.85. The molecule has 3 heterocycles. The number of epoxide rings is 2. The Bertz CT molecular complexity index is 1230. The summed E-state index contributed by atoms with van der Waals surface area (Å²) in [5.74, 6) is -2.72. The standard InChI is InChI=1S/C33H52N4O10/c1-19(2)10-11-24-32(5,47-24)28-27(44-7)23(12-13-33(28)18-45-33)46-31(43)34-16-25(38)37-14-8-9-22(37)29(41)35-21(15-20(3)4)30(42)36(6)17-26(39)40/h10,20-24,27-28H,8-9,11-18H2,1-7H3,(H,34,43)(H,35,41)(H,39,40)/t21-,22-,23+,24?,27+,28+,32?,33?/m0/s1. The van der Waals surface area contributed by atoms with Crippen LogP contribution in [0.1, 0.15) is 73.1 Å². The molecule has 1 saturated carbocycles. The first-order chi connectivity index (χ1) is 22.1. The molecule has 14 nitrogen and oxygen atoms in total. The lowest BCUT2D eigenvalue weighted by Gasteiger charge is -2.42. The third-order valence-electron chi connectivity index (χ3n) is 9.83. The molecule has 3 N–H and O–H groups in total. The zero-order chi connectivity index (χ0) is 34.7. The van der Waals surface area contributed by atoms with E-state index in [0.717, 1.165) is 11.3 Å². The fourth-order valence-electron chi connectivity index (χ4n) is 7.34. The molecule has 0 aromatic rings. The molecule has 4 amide bonds. The zero-order valence-electron chi connectivity index (χ0n) is 28.7. The van der Waals surface area contributed by atoms with E-state index in [-0.39, 0.29) is 30.1 Å². The number of likely N-dealkylation sites (N-methyl/N-ethyl adjacent to an activating group) is 1. The lowest BCUT2D eigenvalue weighted by atomic mass is 9.68. The highest BCUT2D eigenvalue weighted by atomic mass is 16.6. The molecule has 1 spiro atoms. The first-order valence-electron chi connectivity index (χ1n) is 16.6. The Balaban J connectivity index is 1.32. The maximum atomic E-state index is 13.3. The van der Waals surface area contributed by atoms with Gasteiger partial charge in [0.25, 0.3) is 0 Å². The van der Waals surface area contributed by atoms with Crippen molar-refractivity contribution in [3.8, 4) is 0 Å². The molecule has 0 radical (unpaired) electrons. The van der Waals surface area contributed by atoms with Gasteiger partial charge in [-0.05, 0) is 65.2 Å². The van der Waals surface area contributed by atoms with Crippen LogP contribution in [0.2, 0.25) is 0 Å². The molecule has 264 valence electrons. The van der Waals surface area contributed by atoms with Crippen molar-refractivity contribution >= 4 is 29.8 Å². The average molecular weight is 665 g/mol. The van der Waals surface area contributed by atoms with Crippen LogP contribution in [0.3, 0.4) is 0 Å². The van der Waals surface area contributed by atoms with Gasteiger partial charge in [-0.2, -0.15) is 0 Å². The monoisotopic (exact) mass is 664 g/mol. The molecule has 14 heteroatoms. The van der Waals surface area contributed by atoms with Crippen LogP contribution >= 0.6 is 0 Å². The minimum Gasteiger partial charge on any atom is -0.480 e. The second kappa shape index (κ2) is 14.9. The highest BCUT2D eigenvalue weighted by molar-refractivity contribution is 5.93. The summed E-state index contributed by atoms with van der Waals surface area (Å²) in [6, 6.07) is -1.76. The quantitative estimate of drug-likeness (QED) is 0.183. The van der Waals surface area contributed by atoms with Crippen molar-refractivity contribution in [2.24, 2.45) is 11.8 Å². The van der Waals surface area contributed by atoms with Crippen molar-refractivity contribution in [1.82, 2.24) is 20.4 Å². The van der Waals surface area contributed by atoms with Crippen LogP contribution in [0, 0.1) is 11.8 Å². The smallest absolute Gasteiger partial charge is 0.407 e. The summed E-state index contributed by atoms with van der Waals surface area (Å²) < 4.78 is 23.9. The second-order valence-corrected chi connectivity index (χ2v) is 14.2. The van der Waals surface area contributed by atoms with Gasteiger partial charge in [0.05, 0.1) is 18.6 Å². The molecule has 3 unspecified atom stereocenters. The number of amides is 4. The SMILES string of the molecule is CO[C@@H]1[C@H](OC(=O)NCC(=O)N2CCC[C@H]2C(=O)N[C@@H](CC(C)C)C(=O)N(C)CC(=O)O)CCC2(CO2)[C@H]1C1(C)OC1CC=C(C)C. The van der Waals surface area contributed by atoms with Crippen molar-refractivity contribution in [2.75, 3.05) is 40.4 Å². The number of aliphatic carboxylic acids is 1. The van der Waals surface area contributed by atoms with Gasteiger partial charge in [0.1, 0.15) is 48.6 Å². The lowest BCUT2D eigenvalue weighted by molar-refractivity contribution is -0.145. The van der Waals surface area contributed by atoms with Gasteiger partial charge < -0.3 is 44.5 Å². The van der Waals surface area contributed by atoms with Gasteiger partial charge in [-0.25, -0.2) is 4.79 Å². The number of nitrogens with one attached hydrogen (secondary N) is 2. The lowest BCUT2D eigenvalue weighted by Crippen LogP contribution is -2.56. The number of carbonyl (C=O) groups is 5. The van der Waals surface area contributed by atoms with Crippen LogP contribution in [-0.4, -0.2) is 127 Å². The summed E-state index contributed by atoms with van der Waals surface area (Å²) in [7, 11) is 2.96. The van der Waals surface area contributed by atoms with Gasteiger partial charge in [-0.15, -0.1) is 0 Å². The van der Waals surface area contributed by atoms with E-state index in [4.69, 9.17) is 24.1 Å². The molecular weight excluding hydrogens is 612 g/mol. The fraction of sp³-hybridized carbons (Fsp3) is 0.788. The van der Waals surface area contributed by atoms with E-state index in [2.05, 4.69) is 23.6 Å². The first-order valence-corrected chi connectivity index (χ1v) is 16.6. The number of hydrogen-bond donors (Lipinski definition) is 3. The van der Waals surface area contributed by atoms with Crippen molar-refractivity contribution in [3.63, 3.8) is 0 Å². The number of rotatable bonds is 14. The number of alkyl carbamates (subject to hydrolysis) is 1. The Morgan fingerprint density at radius 1 is 1.17 bits per heavy atom. The highest BCUT2D eigenvalue weighted by Crippen LogP contribution is 2.59. The van der Waals surface area contributed by atoms with E-state index in [0.29, 0.717) is 45.3 Å². The summed E-state index contributed by atoms with van der Waals surface area (Å²) in [6.07, 6.45) is 3.67. The normalized spacial score (nSPS) is 31.6. The van der Waals surface area contributed by atoms with E-state index >= 15 is 0 Å². The minimum absolute atomic E-state index is 0.0151. The van der Waals surface area contributed by atoms with E-state index in [9.17, 15) is 24.0 Å². The van der Waals surface area contributed by atoms with Crippen LogP contribution < -0.4 is 10.6 Å². The Kier molecular flexibility index (Phi) is 11.6. The number of likely N-dealkylation sites (tertiary alicyclic amines) is 1. The maximum absolute atomic E-state index is 13.3. The van der Waals surface area contributed by atoms with Crippen molar-refractivity contribution < 1.29 is 48.0 Å². The van der Waals surface area contributed by atoms with Crippen LogP contribution in [-0.2, 0) is 38.1 Å². The third kappa shape index (κ3) is 8.63. The van der Waals surface area contributed by atoms with E-state index in [1.165, 1.54) is 17.5 Å². The zero-order valence-corrected chi connectivity index (χ0v) is 28.7. The van der Waals surface area contributed by atoms with Crippen LogP contribution in [0.15, 0.2) is 11.6 Å². The van der Waals surface area contributed by atoms with Crippen LogP contribution in [0.25, 0.3) is 0 Å². The highest BCUT2D eigenvalue weighted by Gasteiger charge is 2.72. The number of ether oxygens (including phenoxy) is 4. The number of hydrogen-bond acceptors (Lipinski definition) is 9. The topological polar surface area (TPSA) is 180 Å². The first kappa shape index (κ1) is 36.6. The predicted molar refractivity (Wildman–Crippen MR) is 169 cm³/mol. The van der Waals surface area contributed by atoms with Crippen molar-refractivity contribution in [1.29, 1.82) is 0 Å². The molecule has 1 aliphatic carbocycles. The third-order valence-corrected chi connectivity index (χ3v) is 9.83. The van der Waals surface area contributed by atoms with E-state index < -0.39 is 66.2 Å². The molecule has 3 aliphatic heterocycles. The second-order valence-electron chi connectivity index (χ2n) is 14.2. The minimum atomic E-state index is -1.16. The van der Waals surface area contributed by atoms with Gasteiger partial charge in [-0.3, -0.25) is 19.2 Å². The Hall–Kier alpha value is -3.23. The largest absolute Gasteiger partial charge is 0.480 e. The van der Waals surface area contributed by atoms with Gasteiger partial charge in [-0.1, -0.05) is 25.5 Å². The molecular formula is C33H52N4O10. The Morgan fingerprint density at radius 3 is 2.47 bits per heavy atom. The summed E-state index contributed by atoms with van der Waals surface area (Å²) in [5.41, 5.74) is 0.372. The fourth-order valence-corrected chi connectivity index (χ4v) is 7.34. The van der Waals surface area contributed by atoms with Gasteiger partial charge in [0.2, 0.25) is 17.7 Å². The molecule has 8 atom stereocenters. The van der Waals surface area contributed by atoms with E-state index in [1.807, 2.05) is 27.7 Å². The number of carbonyl (C=O) groups excluding carboxylic acids is 4. The van der Waals surface area contributed by atoms with Crippen LogP contribution in [0.5, 0.6) is 0 Å². The Labute approximate surface area is 276 Å². The summed E-state index contributed by atoms with van der Waals surface area (Å²) in [5, 5.41) is 14.4. The molecule has 3 saturated heterocycles. The number of carboxylic acid groups (broad SMARTS) is 1. The van der Waals surface area contributed by atoms with Crippen molar-refractivity contribution in [3.05, 3.63) is 11.6 Å². The molecule has 47 heavy (non-hydrogen) atoms. The molecule has 4 rings (SSSR count). The molecule has 4 fully saturated rings.